The largest absolute Gasteiger partial charge is 0.389 e. The number of unbranched alkanes of at least 4 members (excludes halogenated alkanes) is 1. The Morgan fingerprint density at radius 3 is 2.60 bits per heavy atom. The second-order valence-electron chi connectivity index (χ2n) is 8.00. The molecule has 10 heteroatoms. The first-order chi connectivity index (χ1) is 14.3. The molecule has 0 spiro atoms. The molecule has 3 atom stereocenters. The SMILES string of the molecule is CCCCNS(=O)(=O)C[C@@H](O)[C@@H](O)[C@H](CC1CCCCC1)NC(=O)c1cnccn1. The third-order valence-electron chi connectivity index (χ3n) is 5.47. The predicted octanol–water partition coefficient (Wildman–Crippen LogP) is 0.987. The van der Waals surface area contributed by atoms with Crippen molar-refractivity contribution in [2.24, 2.45) is 5.92 Å². The summed E-state index contributed by atoms with van der Waals surface area (Å²) in [6, 6.07) is -0.788. The van der Waals surface area contributed by atoms with Crippen LogP contribution < -0.4 is 10.0 Å². The zero-order chi connectivity index (χ0) is 22.0. The van der Waals surface area contributed by atoms with Gasteiger partial charge in [0.1, 0.15) is 11.8 Å². The van der Waals surface area contributed by atoms with Crippen LogP contribution in [-0.4, -0.2) is 65.1 Å². The minimum atomic E-state index is -3.74. The minimum absolute atomic E-state index is 0.0988. The van der Waals surface area contributed by atoms with Crippen LogP contribution in [0.15, 0.2) is 18.6 Å². The highest BCUT2D eigenvalue weighted by Gasteiger charge is 2.33. The lowest BCUT2D eigenvalue weighted by Crippen LogP contribution is -2.52. The number of aliphatic hydroxyl groups is 2. The average Bonchev–Trinajstić information content (AvgIpc) is 2.73. The Kier molecular flexibility index (Phi) is 10.1. The number of aromatic nitrogens is 2. The normalized spacial score (nSPS) is 18.5. The molecule has 1 aliphatic rings. The number of carbonyl (C=O) groups is 1. The lowest BCUT2D eigenvalue weighted by molar-refractivity contribution is 0.00195. The molecule has 1 heterocycles. The lowest BCUT2D eigenvalue weighted by Gasteiger charge is -2.32. The van der Waals surface area contributed by atoms with Crippen LogP contribution in [0.4, 0.5) is 0 Å². The summed E-state index contributed by atoms with van der Waals surface area (Å²) >= 11 is 0. The summed E-state index contributed by atoms with van der Waals surface area (Å²) in [6.07, 6.45) is 8.52. The molecule has 170 valence electrons. The van der Waals surface area contributed by atoms with E-state index < -0.39 is 39.9 Å². The van der Waals surface area contributed by atoms with Gasteiger partial charge in [0, 0.05) is 18.9 Å². The van der Waals surface area contributed by atoms with Crippen LogP contribution in [0, 0.1) is 5.92 Å². The molecule has 0 aromatic carbocycles. The number of rotatable bonds is 12. The quantitative estimate of drug-likeness (QED) is 0.354. The number of nitrogens with one attached hydrogen (secondary N) is 2. The van der Waals surface area contributed by atoms with E-state index in [0.29, 0.717) is 18.8 Å². The van der Waals surface area contributed by atoms with Gasteiger partial charge in [-0.15, -0.1) is 0 Å². The summed E-state index contributed by atoms with van der Waals surface area (Å²) in [4.78, 5) is 20.4. The van der Waals surface area contributed by atoms with Crippen LogP contribution in [0.2, 0.25) is 0 Å². The Balaban J connectivity index is 2.06. The first-order valence-electron chi connectivity index (χ1n) is 10.7. The van der Waals surface area contributed by atoms with Crippen LogP contribution >= 0.6 is 0 Å². The van der Waals surface area contributed by atoms with Crippen LogP contribution in [-0.2, 0) is 10.0 Å². The zero-order valence-corrected chi connectivity index (χ0v) is 18.4. The second kappa shape index (κ2) is 12.3. The molecule has 2 rings (SSSR count). The maximum atomic E-state index is 12.5. The van der Waals surface area contributed by atoms with Crippen molar-refractivity contribution in [1.82, 2.24) is 20.0 Å². The van der Waals surface area contributed by atoms with Gasteiger partial charge in [-0.05, 0) is 18.8 Å². The van der Waals surface area contributed by atoms with Gasteiger partial charge in [-0.2, -0.15) is 0 Å². The van der Waals surface area contributed by atoms with E-state index in [9.17, 15) is 23.4 Å². The van der Waals surface area contributed by atoms with Crippen molar-refractivity contribution in [2.75, 3.05) is 12.3 Å². The number of carbonyl (C=O) groups excluding carboxylic acids is 1. The van der Waals surface area contributed by atoms with Crippen LogP contribution in [0.5, 0.6) is 0 Å². The Hall–Kier alpha value is -1.62. The zero-order valence-electron chi connectivity index (χ0n) is 17.5. The van der Waals surface area contributed by atoms with Gasteiger partial charge in [0.15, 0.2) is 0 Å². The van der Waals surface area contributed by atoms with Crippen molar-refractivity contribution < 1.29 is 23.4 Å². The van der Waals surface area contributed by atoms with Crippen LogP contribution in [0.3, 0.4) is 0 Å². The van der Waals surface area contributed by atoms with E-state index in [1.165, 1.54) is 25.0 Å². The summed E-state index contributed by atoms with van der Waals surface area (Å²) in [7, 11) is -3.74. The van der Waals surface area contributed by atoms with Crippen molar-refractivity contribution in [2.45, 2.75) is 76.5 Å². The highest BCUT2D eigenvalue weighted by molar-refractivity contribution is 7.89. The Labute approximate surface area is 178 Å². The van der Waals surface area contributed by atoms with Gasteiger partial charge in [-0.1, -0.05) is 45.4 Å². The molecule has 4 N–H and O–H groups in total. The predicted molar refractivity (Wildman–Crippen MR) is 113 cm³/mol. The molecule has 0 radical (unpaired) electrons. The minimum Gasteiger partial charge on any atom is -0.389 e. The second-order valence-corrected chi connectivity index (χ2v) is 9.85. The molecule has 9 nitrogen and oxygen atoms in total. The molecule has 1 aliphatic carbocycles. The third kappa shape index (κ3) is 8.25. The molecule has 1 aromatic heterocycles. The molecular weight excluding hydrogens is 408 g/mol. The van der Waals surface area contributed by atoms with E-state index in [0.717, 1.165) is 32.1 Å². The molecule has 1 aromatic rings. The molecule has 30 heavy (non-hydrogen) atoms. The maximum Gasteiger partial charge on any atom is 0.271 e. The van der Waals surface area contributed by atoms with E-state index >= 15 is 0 Å². The van der Waals surface area contributed by atoms with Gasteiger partial charge >= 0.3 is 0 Å². The summed E-state index contributed by atoms with van der Waals surface area (Å²) in [5.41, 5.74) is 0.0988. The van der Waals surface area contributed by atoms with Gasteiger partial charge in [0.05, 0.1) is 24.1 Å². The van der Waals surface area contributed by atoms with Gasteiger partial charge in [0.2, 0.25) is 10.0 Å². The smallest absolute Gasteiger partial charge is 0.271 e. The number of hydrogen-bond acceptors (Lipinski definition) is 7. The number of amides is 1. The number of aliphatic hydroxyl groups excluding tert-OH is 2. The molecular formula is C20H34N4O5S. The molecule has 1 saturated carbocycles. The van der Waals surface area contributed by atoms with Gasteiger partial charge < -0.3 is 15.5 Å². The lowest BCUT2D eigenvalue weighted by atomic mass is 9.83. The summed E-state index contributed by atoms with van der Waals surface area (Å²) < 4.78 is 26.8. The summed E-state index contributed by atoms with van der Waals surface area (Å²) in [6.45, 7) is 2.24. The number of nitrogens with zero attached hydrogens (tertiary/aromatic N) is 2. The molecule has 0 unspecified atom stereocenters. The van der Waals surface area contributed by atoms with Crippen molar-refractivity contribution in [3.8, 4) is 0 Å². The topological polar surface area (TPSA) is 142 Å². The molecule has 1 amide bonds. The van der Waals surface area contributed by atoms with E-state index in [1.807, 2.05) is 6.92 Å². The number of sulfonamides is 1. The Morgan fingerprint density at radius 1 is 1.23 bits per heavy atom. The highest BCUT2D eigenvalue weighted by Crippen LogP contribution is 2.28. The van der Waals surface area contributed by atoms with Crippen molar-refractivity contribution in [3.63, 3.8) is 0 Å². The molecule has 0 saturated heterocycles. The van der Waals surface area contributed by atoms with Gasteiger partial charge in [0.25, 0.3) is 5.91 Å². The fourth-order valence-electron chi connectivity index (χ4n) is 3.78. The third-order valence-corrected chi connectivity index (χ3v) is 6.90. The Morgan fingerprint density at radius 2 is 1.97 bits per heavy atom. The fraction of sp³-hybridized carbons (Fsp3) is 0.750. The summed E-state index contributed by atoms with van der Waals surface area (Å²) in [5.74, 6) is -0.841. The van der Waals surface area contributed by atoms with E-state index in [-0.39, 0.29) is 12.2 Å². The van der Waals surface area contributed by atoms with Gasteiger partial charge in [-0.3, -0.25) is 9.78 Å². The maximum absolute atomic E-state index is 12.5. The van der Waals surface area contributed by atoms with E-state index in [4.69, 9.17) is 0 Å². The first kappa shape index (κ1) is 24.6. The Bertz CT molecular complexity index is 741. The molecule has 1 fully saturated rings. The average molecular weight is 443 g/mol. The highest BCUT2D eigenvalue weighted by atomic mass is 32.2. The number of hydrogen-bond donors (Lipinski definition) is 4. The first-order valence-corrected chi connectivity index (χ1v) is 12.4. The molecule has 0 bridgehead atoms. The van der Waals surface area contributed by atoms with Crippen molar-refractivity contribution in [3.05, 3.63) is 24.3 Å². The van der Waals surface area contributed by atoms with Crippen LogP contribution in [0.1, 0.15) is 68.8 Å². The monoisotopic (exact) mass is 442 g/mol. The van der Waals surface area contributed by atoms with Gasteiger partial charge in [-0.25, -0.2) is 18.1 Å². The van der Waals surface area contributed by atoms with E-state index in [1.54, 1.807) is 0 Å². The van der Waals surface area contributed by atoms with Crippen molar-refractivity contribution in [1.29, 1.82) is 0 Å². The summed E-state index contributed by atoms with van der Waals surface area (Å²) in [5, 5.41) is 23.9. The fourth-order valence-corrected chi connectivity index (χ4v) is 5.00. The van der Waals surface area contributed by atoms with Crippen molar-refractivity contribution >= 4 is 15.9 Å². The molecule has 0 aliphatic heterocycles. The van der Waals surface area contributed by atoms with Crippen LogP contribution in [0.25, 0.3) is 0 Å². The van der Waals surface area contributed by atoms with E-state index in [2.05, 4.69) is 20.0 Å². The standard InChI is InChI=1S/C20H34N4O5S/c1-2-3-9-23-30(28,29)14-18(25)19(26)16(12-15-7-5-4-6-8-15)24-20(27)17-13-21-10-11-22-17/h10-11,13,15-16,18-19,23,25-26H,2-9,12,14H2,1H3,(H,24,27)/t16-,18+,19-/m0/s1.